The monoisotopic (exact) mass is 758 g/mol. The largest absolute Gasteiger partial charge is 0.512 e. The summed E-state index contributed by atoms with van der Waals surface area (Å²) in [4.78, 5) is 21.2. The van der Waals surface area contributed by atoms with Crippen molar-refractivity contribution in [1.82, 2.24) is 9.97 Å². The van der Waals surface area contributed by atoms with E-state index in [-0.39, 0.29) is 11.5 Å². The summed E-state index contributed by atoms with van der Waals surface area (Å²) in [6.45, 7) is 5.89. The number of aliphatic hydroxyl groups is 1. The molecule has 0 saturated heterocycles. The number of allylic oxidation sites excluding steroid dienone is 2. The molecule has 57 heavy (non-hydrogen) atoms. The lowest BCUT2D eigenvalue weighted by atomic mass is 9.96. The number of aromatic nitrogens is 2. The fourth-order valence-electron chi connectivity index (χ4n) is 8.32. The standard InChI is InChI=1S/C53H62N2O2/c1-39-31-42(36-46(33-39)51-30-29-44-23-17-19-27-50(44)54-51)21-13-9-7-8-10-14-22-43-32-40(2)34-47(37-43)53-38-45(49-26-18-20-28-52(49)55-53)24-15-11-5-4-6-12-16-25-48(57)35-41(3)56/h17-20,23,26-38,57H,4-16,21-22,24-25H2,1-3H3. The number of carbonyl (C=O) groups excluding carboxylic acids is 1. The van der Waals surface area contributed by atoms with Crippen molar-refractivity contribution < 1.29 is 9.90 Å². The molecule has 0 aliphatic heterocycles. The van der Waals surface area contributed by atoms with Crippen LogP contribution in [-0.2, 0) is 24.1 Å². The molecule has 6 rings (SSSR count). The molecule has 4 aromatic carbocycles. The van der Waals surface area contributed by atoms with Crippen molar-refractivity contribution in [3.05, 3.63) is 143 Å². The Morgan fingerprint density at radius 1 is 0.544 bits per heavy atom. The van der Waals surface area contributed by atoms with Gasteiger partial charge in [-0.15, -0.1) is 0 Å². The lowest BCUT2D eigenvalue weighted by Crippen LogP contribution is -1.95. The van der Waals surface area contributed by atoms with Gasteiger partial charge in [0, 0.05) is 34.4 Å². The molecule has 296 valence electrons. The van der Waals surface area contributed by atoms with Crippen LogP contribution in [0.5, 0.6) is 0 Å². The molecule has 0 unspecified atom stereocenters. The number of unbranched alkanes of at least 4 members (excludes halogenated alkanes) is 11. The molecular formula is C53H62N2O2. The Kier molecular flexibility index (Phi) is 15.6. The predicted molar refractivity (Wildman–Crippen MR) is 241 cm³/mol. The molecule has 0 saturated carbocycles. The number of aryl methyl sites for hydroxylation is 5. The van der Waals surface area contributed by atoms with Crippen molar-refractivity contribution in [2.24, 2.45) is 0 Å². The Bertz CT molecular complexity index is 2270. The topological polar surface area (TPSA) is 63.1 Å². The first-order valence-electron chi connectivity index (χ1n) is 21.7. The van der Waals surface area contributed by atoms with Crippen molar-refractivity contribution in [1.29, 1.82) is 0 Å². The highest BCUT2D eigenvalue weighted by atomic mass is 16.3. The van der Waals surface area contributed by atoms with Gasteiger partial charge in [0.25, 0.3) is 0 Å². The normalized spacial score (nSPS) is 11.8. The van der Waals surface area contributed by atoms with E-state index in [0.717, 1.165) is 54.5 Å². The summed E-state index contributed by atoms with van der Waals surface area (Å²) >= 11 is 0. The van der Waals surface area contributed by atoms with Gasteiger partial charge in [0.1, 0.15) is 0 Å². The number of pyridine rings is 2. The van der Waals surface area contributed by atoms with E-state index in [1.807, 2.05) is 0 Å². The smallest absolute Gasteiger partial charge is 0.155 e. The SMILES string of the molecule is CC(=O)C=C(O)CCCCCCCCCc1cc(-c2cc(C)cc(CCCCCCCCc3cc(C)cc(-c4ccc5ccccc5n4)c3)c2)nc2ccccc12. The number of aliphatic hydroxyl groups excluding tert-OH is 1. The van der Waals surface area contributed by atoms with Crippen LogP contribution in [0.1, 0.15) is 125 Å². The van der Waals surface area contributed by atoms with Gasteiger partial charge in [0.15, 0.2) is 5.78 Å². The van der Waals surface area contributed by atoms with Crippen molar-refractivity contribution in [2.45, 2.75) is 130 Å². The number of para-hydroxylation sites is 2. The average molecular weight is 759 g/mol. The molecule has 0 radical (unpaired) electrons. The molecule has 4 nitrogen and oxygen atoms in total. The van der Waals surface area contributed by atoms with E-state index in [9.17, 15) is 9.90 Å². The van der Waals surface area contributed by atoms with E-state index in [4.69, 9.17) is 9.97 Å². The van der Waals surface area contributed by atoms with Crippen molar-refractivity contribution in [3.63, 3.8) is 0 Å². The minimum atomic E-state index is -0.0886. The van der Waals surface area contributed by atoms with Gasteiger partial charge in [0.2, 0.25) is 0 Å². The number of nitrogens with zero attached hydrogens (tertiary/aromatic N) is 2. The summed E-state index contributed by atoms with van der Waals surface area (Å²) in [6, 6.07) is 37.6. The van der Waals surface area contributed by atoms with Gasteiger partial charge in [-0.05, 0) is 131 Å². The molecule has 1 N–H and O–H groups in total. The number of fused-ring (bicyclic) bond motifs is 2. The zero-order valence-corrected chi connectivity index (χ0v) is 34.7. The number of hydrogen-bond donors (Lipinski definition) is 1. The van der Waals surface area contributed by atoms with Crippen LogP contribution in [0.4, 0.5) is 0 Å². The zero-order chi connectivity index (χ0) is 39.8. The van der Waals surface area contributed by atoms with Crippen molar-refractivity contribution in [3.8, 4) is 22.5 Å². The van der Waals surface area contributed by atoms with E-state index < -0.39 is 0 Å². The third-order valence-electron chi connectivity index (χ3n) is 11.2. The Balaban J connectivity index is 0.934. The Labute approximate surface area is 341 Å². The lowest BCUT2D eigenvalue weighted by Gasteiger charge is -2.12. The van der Waals surface area contributed by atoms with Gasteiger partial charge in [-0.2, -0.15) is 0 Å². The van der Waals surface area contributed by atoms with Crippen LogP contribution in [0.25, 0.3) is 44.3 Å². The molecule has 4 heteroatoms. The Morgan fingerprint density at radius 3 is 1.72 bits per heavy atom. The summed E-state index contributed by atoms with van der Waals surface area (Å²) in [5.41, 5.74) is 13.6. The van der Waals surface area contributed by atoms with Crippen LogP contribution in [0.15, 0.2) is 115 Å². The van der Waals surface area contributed by atoms with E-state index >= 15 is 0 Å². The molecule has 2 aromatic heterocycles. The zero-order valence-electron chi connectivity index (χ0n) is 34.7. The summed E-state index contributed by atoms with van der Waals surface area (Å²) in [6.07, 6.45) is 20.8. The summed E-state index contributed by atoms with van der Waals surface area (Å²) in [5, 5.41) is 12.2. The van der Waals surface area contributed by atoms with E-state index in [2.05, 4.69) is 117 Å². The first-order chi connectivity index (χ1) is 27.8. The van der Waals surface area contributed by atoms with Gasteiger partial charge < -0.3 is 5.11 Å². The number of ketones is 1. The maximum atomic E-state index is 11.1. The number of benzene rings is 4. The lowest BCUT2D eigenvalue weighted by molar-refractivity contribution is -0.112. The molecule has 0 atom stereocenters. The molecule has 6 aromatic rings. The minimum absolute atomic E-state index is 0.0886. The first-order valence-corrected chi connectivity index (χ1v) is 21.7. The van der Waals surface area contributed by atoms with Crippen LogP contribution in [0.2, 0.25) is 0 Å². The quantitative estimate of drug-likeness (QED) is 0.0425. The summed E-state index contributed by atoms with van der Waals surface area (Å²) in [7, 11) is 0. The van der Waals surface area contributed by atoms with Crippen LogP contribution in [0.3, 0.4) is 0 Å². The predicted octanol–water partition coefficient (Wildman–Crippen LogP) is 14.6. The van der Waals surface area contributed by atoms with Gasteiger partial charge in [-0.3, -0.25) is 4.79 Å². The molecule has 0 fully saturated rings. The van der Waals surface area contributed by atoms with E-state index in [1.165, 1.54) is 133 Å². The third-order valence-corrected chi connectivity index (χ3v) is 11.2. The van der Waals surface area contributed by atoms with Crippen LogP contribution >= 0.6 is 0 Å². The van der Waals surface area contributed by atoms with Gasteiger partial charge in [-0.1, -0.05) is 124 Å². The Morgan fingerprint density at radius 2 is 1.07 bits per heavy atom. The van der Waals surface area contributed by atoms with E-state index in [0.29, 0.717) is 6.42 Å². The summed E-state index contributed by atoms with van der Waals surface area (Å²) < 4.78 is 0. The number of hydrogen-bond acceptors (Lipinski definition) is 4. The van der Waals surface area contributed by atoms with E-state index in [1.54, 1.807) is 0 Å². The fraction of sp³-hybridized carbons (Fsp3) is 0.377. The second-order valence-corrected chi connectivity index (χ2v) is 16.3. The second kappa shape index (κ2) is 21.4. The average Bonchev–Trinajstić information content (AvgIpc) is 3.20. The van der Waals surface area contributed by atoms with Gasteiger partial charge in [0.05, 0.1) is 28.2 Å². The molecule has 0 spiro atoms. The number of rotatable bonds is 22. The maximum Gasteiger partial charge on any atom is 0.155 e. The molecule has 0 amide bonds. The third kappa shape index (κ3) is 13.0. The Hall–Kier alpha value is -5.09. The number of carbonyl (C=O) groups is 1. The second-order valence-electron chi connectivity index (χ2n) is 16.3. The molecule has 0 aliphatic rings. The molecule has 2 heterocycles. The van der Waals surface area contributed by atoms with Crippen LogP contribution in [0, 0.1) is 13.8 Å². The molecular weight excluding hydrogens is 697 g/mol. The molecule has 0 aliphatic carbocycles. The van der Waals surface area contributed by atoms with Gasteiger partial charge >= 0.3 is 0 Å². The van der Waals surface area contributed by atoms with Crippen molar-refractivity contribution in [2.75, 3.05) is 0 Å². The fourth-order valence-corrected chi connectivity index (χ4v) is 8.32. The van der Waals surface area contributed by atoms with Gasteiger partial charge in [-0.25, -0.2) is 9.97 Å². The van der Waals surface area contributed by atoms with Crippen LogP contribution < -0.4 is 0 Å². The molecule has 0 bridgehead atoms. The first kappa shape index (κ1) is 41.5. The highest BCUT2D eigenvalue weighted by Gasteiger charge is 2.10. The highest BCUT2D eigenvalue weighted by Crippen LogP contribution is 2.29. The minimum Gasteiger partial charge on any atom is -0.512 e. The maximum absolute atomic E-state index is 11.1. The summed E-state index contributed by atoms with van der Waals surface area (Å²) in [5.74, 6) is 0.125. The highest BCUT2D eigenvalue weighted by molar-refractivity contribution is 5.87. The van der Waals surface area contributed by atoms with Crippen LogP contribution in [-0.4, -0.2) is 20.9 Å². The van der Waals surface area contributed by atoms with Crippen molar-refractivity contribution >= 4 is 27.6 Å².